The Bertz CT molecular complexity index is 469. The van der Waals surface area contributed by atoms with Gasteiger partial charge in [-0.3, -0.25) is 4.79 Å². The number of fused-ring (bicyclic) bond motifs is 3. The second kappa shape index (κ2) is 3.00. The van der Waals surface area contributed by atoms with Gasteiger partial charge in [-0.1, -0.05) is 0 Å². The zero-order valence-corrected chi connectivity index (χ0v) is 9.62. The van der Waals surface area contributed by atoms with E-state index < -0.39 is 0 Å². The fraction of sp³-hybridized carbons (Fsp3) is 0.462. The van der Waals surface area contributed by atoms with Gasteiger partial charge < -0.3 is 9.64 Å². The second-order valence-electron chi connectivity index (χ2n) is 4.90. The van der Waals surface area contributed by atoms with Gasteiger partial charge in [-0.2, -0.15) is 0 Å². The van der Waals surface area contributed by atoms with Crippen molar-refractivity contribution in [1.29, 1.82) is 0 Å². The van der Waals surface area contributed by atoms with E-state index in [2.05, 4.69) is 6.92 Å². The molecule has 1 aromatic carbocycles. The first-order chi connectivity index (χ1) is 7.64. The number of nitrogens with zero attached hydrogens (tertiary/aromatic N) is 1. The Morgan fingerprint density at radius 1 is 1.44 bits per heavy atom. The maximum Gasteiger partial charge on any atom is 0.227 e. The highest BCUT2D eigenvalue weighted by Gasteiger charge is 2.47. The van der Waals surface area contributed by atoms with Crippen LogP contribution in [0.25, 0.3) is 0 Å². The molecule has 2 heterocycles. The summed E-state index contributed by atoms with van der Waals surface area (Å²) in [5, 5.41) is 0. The molecular formula is C13H15NO2. The van der Waals surface area contributed by atoms with Crippen molar-refractivity contribution in [3.05, 3.63) is 23.8 Å². The highest BCUT2D eigenvalue weighted by atomic mass is 16.5. The molecule has 1 atom stereocenters. The molecule has 0 spiro atoms. The zero-order chi connectivity index (χ0) is 11.3. The Balaban J connectivity index is 2.10. The minimum absolute atomic E-state index is 0.00574. The Morgan fingerprint density at radius 3 is 3.00 bits per heavy atom. The van der Waals surface area contributed by atoms with Gasteiger partial charge in [0.15, 0.2) is 0 Å². The third-order valence-corrected chi connectivity index (χ3v) is 3.77. The number of amides is 1. The summed E-state index contributed by atoms with van der Waals surface area (Å²) in [5.41, 5.74) is 2.31. The van der Waals surface area contributed by atoms with Crippen LogP contribution in [-0.4, -0.2) is 18.6 Å². The van der Waals surface area contributed by atoms with Gasteiger partial charge in [0.1, 0.15) is 5.75 Å². The Labute approximate surface area is 95.0 Å². The van der Waals surface area contributed by atoms with Gasteiger partial charge in [-0.15, -0.1) is 0 Å². The molecule has 84 valence electrons. The van der Waals surface area contributed by atoms with E-state index in [0.717, 1.165) is 24.3 Å². The van der Waals surface area contributed by atoms with Gasteiger partial charge in [0.25, 0.3) is 0 Å². The van der Waals surface area contributed by atoms with E-state index in [9.17, 15) is 4.79 Å². The van der Waals surface area contributed by atoms with Gasteiger partial charge in [-0.25, -0.2) is 0 Å². The van der Waals surface area contributed by atoms with Gasteiger partial charge in [0, 0.05) is 17.6 Å². The molecule has 1 fully saturated rings. The molecule has 3 nitrogen and oxygen atoms in total. The normalized spacial score (nSPS) is 26.9. The van der Waals surface area contributed by atoms with Gasteiger partial charge in [-0.05, 0) is 43.5 Å². The highest BCUT2D eigenvalue weighted by molar-refractivity contribution is 5.99. The molecule has 2 aliphatic rings. The molecule has 0 aliphatic carbocycles. The number of carbonyl (C=O) groups excluding carboxylic acids is 1. The quantitative estimate of drug-likeness (QED) is 0.721. The summed E-state index contributed by atoms with van der Waals surface area (Å²) in [5.74, 6) is 1.13. The molecule has 0 bridgehead atoms. The van der Waals surface area contributed by atoms with Gasteiger partial charge in [0.05, 0.1) is 7.11 Å². The number of ether oxygens (including phenoxy) is 1. The topological polar surface area (TPSA) is 29.5 Å². The number of methoxy groups -OCH3 is 1. The van der Waals surface area contributed by atoms with Gasteiger partial charge in [0.2, 0.25) is 5.91 Å². The average molecular weight is 217 g/mol. The molecule has 0 aromatic heterocycles. The summed E-state index contributed by atoms with van der Waals surface area (Å²) in [4.78, 5) is 13.8. The lowest BCUT2D eigenvalue weighted by Crippen LogP contribution is -2.40. The van der Waals surface area contributed by atoms with E-state index in [4.69, 9.17) is 4.74 Å². The van der Waals surface area contributed by atoms with E-state index in [1.54, 1.807) is 7.11 Å². The smallest absolute Gasteiger partial charge is 0.227 e. The number of carbonyl (C=O) groups is 1. The van der Waals surface area contributed by atoms with Crippen molar-refractivity contribution in [2.75, 3.05) is 12.0 Å². The van der Waals surface area contributed by atoms with Crippen LogP contribution >= 0.6 is 0 Å². The average Bonchev–Trinajstić information content (AvgIpc) is 2.71. The van der Waals surface area contributed by atoms with Crippen LogP contribution in [0, 0.1) is 0 Å². The van der Waals surface area contributed by atoms with Crippen LogP contribution in [0.5, 0.6) is 5.75 Å². The second-order valence-corrected chi connectivity index (χ2v) is 4.90. The van der Waals surface area contributed by atoms with Crippen molar-refractivity contribution >= 4 is 11.6 Å². The number of hydrogen-bond acceptors (Lipinski definition) is 2. The molecule has 0 saturated carbocycles. The van der Waals surface area contributed by atoms with Crippen molar-refractivity contribution in [3.63, 3.8) is 0 Å². The lowest BCUT2D eigenvalue weighted by atomic mass is 9.94. The maximum atomic E-state index is 11.9. The summed E-state index contributed by atoms with van der Waals surface area (Å²) in [7, 11) is 1.67. The number of anilines is 1. The van der Waals surface area contributed by atoms with Crippen molar-refractivity contribution < 1.29 is 9.53 Å². The fourth-order valence-corrected chi connectivity index (χ4v) is 2.95. The van der Waals surface area contributed by atoms with Crippen LogP contribution in [0.2, 0.25) is 0 Å². The first kappa shape index (κ1) is 9.70. The third kappa shape index (κ3) is 1.11. The SMILES string of the molecule is COc1ccc2c(c1)CC1(C)CCC(=O)N21. The summed E-state index contributed by atoms with van der Waals surface area (Å²) >= 11 is 0. The summed E-state index contributed by atoms with van der Waals surface area (Å²) in [6.07, 6.45) is 2.59. The molecule has 1 unspecified atom stereocenters. The minimum Gasteiger partial charge on any atom is -0.497 e. The third-order valence-electron chi connectivity index (χ3n) is 3.77. The Hall–Kier alpha value is -1.51. The Morgan fingerprint density at radius 2 is 2.25 bits per heavy atom. The predicted octanol–water partition coefficient (Wildman–Crippen LogP) is 2.14. The molecule has 1 amide bonds. The van der Waals surface area contributed by atoms with E-state index in [0.29, 0.717) is 6.42 Å². The van der Waals surface area contributed by atoms with Crippen LogP contribution < -0.4 is 9.64 Å². The monoisotopic (exact) mass is 217 g/mol. The molecule has 0 N–H and O–H groups in total. The van der Waals surface area contributed by atoms with Crippen LogP contribution in [0.1, 0.15) is 25.3 Å². The van der Waals surface area contributed by atoms with Crippen LogP contribution in [0.3, 0.4) is 0 Å². The molecular weight excluding hydrogens is 202 g/mol. The van der Waals surface area contributed by atoms with E-state index in [1.165, 1.54) is 5.56 Å². The van der Waals surface area contributed by atoms with Gasteiger partial charge >= 0.3 is 0 Å². The summed E-state index contributed by atoms with van der Waals surface area (Å²) in [6.45, 7) is 2.17. The van der Waals surface area contributed by atoms with Crippen molar-refractivity contribution in [2.45, 2.75) is 31.7 Å². The molecule has 1 aromatic rings. The largest absolute Gasteiger partial charge is 0.497 e. The van der Waals surface area contributed by atoms with Crippen molar-refractivity contribution in [3.8, 4) is 5.75 Å². The number of hydrogen-bond donors (Lipinski definition) is 0. The highest BCUT2D eigenvalue weighted by Crippen LogP contribution is 2.46. The first-order valence-electron chi connectivity index (χ1n) is 5.64. The summed E-state index contributed by atoms with van der Waals surface area (Å²) < 4.78 is 5.22. The summed E-state index contributed by atoms with van der Waals surface area (Å²) in [6, 6.07) is 5.98. The minimum atomic E-state index is 0.00574. The molecule has 1 saturated heterocycles. The maximum absolute atomic E-state index is 11.9. The molecule has 0 radical (unpaired) electrons. The lowest BCUT2D eigenvalue weighted by molar-refractivity contribution is -0.117. The molecule has 3 heteroatoms. The van der Waals surface area contributed by atoms with E-state index in [-0.39, 0.29) is 11.4 Å². The fourth-order valence-electron chi connectivity index (χ4n) is 2.95. The lowest BCUT2D eigenvalue weighted by Gasteiger charge is -2.27. The predicted molar refractivity (Wildman–Crippen MR) is 61.8 cm³/mol. The number of rotatable bonds is 1. The molecule has 16 heavy (non-hydrogen) atoms. The van der Waals surface area contributed by atoms with E-state index >= 15 is 0 Å². The zero-order valence-electron chi connectivity index (χ0n) is 9.62. The van der Waals surface area contributed by atoms with Crippen molar-refractivity contribution in [1.82, 2.24) is 0 Å². The number of benzene rings is 1. The van der Waals surface area contributed by atoms with Crippen LogP contribution in [-0.2, 0) is 11.2 Å². The standard InChI is InChI=1S/C13H15NO2/c1-13-6-5-12(15)14(13)11-4-3-10(16-2)7-9(11)8-13/h3-4,7H,5-6,8H2,1-2H3. The first-order valence-corrected chi connectivity index (χ1v) is 5.64. The Kier molecular flexibility index (Phi) is 1.82. The van der Waals surface area contributed by atoms with Crippen molar-refractivity contribution in [2.24, 2.45) is 0 Å². The van der Waals surface area contributed by atoms with Crippen LogP contribution in [0.4, 0.5) is 5.69 Å². The van der Waals surface area contributed by atoms with E-state index in [1.807, 2.05) is 23.1 Å². The van der Waals surface area contributed by atoms with Crippen LogP contribution in [0.15, 0.2) is 18.2 Å². The molecule has 2 aliphatic heterocycles. The molecule has 3 rings (SSSR count).